The maximum atomic E-state index is 10.6. The second-order valence-corrected chi connectivity index (χ2v) is 3.56. The smallest absolute Gasteiger partial charge is 0.330 e. The Kier molecular flexibility index (Phi) is 10.2. The number of unbranched alkanes of at least 4 members (excludes halogenated alkanes) is 5. The molecule has 0 aliphatic heterocycles. The van der Waals surface area contributed by atoms with Crippen LogP contribution in [-0.2, 0) is 9.53 Å². The van der Waals surface area contributed by atoms with E-state index in [0.717, 1.165) is 25.1 Å². The van der Waals surface area contributed by atoms with E-state index in [9.17, 15) is 4.79 Å². The third-order valence-electron chi connectivity index (χ3n) is 1.94. The largest absolute Gasteiger partial charge is 0.463 e. The summed E-state index contributed by atoms with van der Waals surface area (Å²) in [4.78, 5) is 10.6. The van der Waals surface area contributed by atoms with Gasteiger partial charge in [0.05, 0.1) is 6.61 Å². The minimum Gasteiger partial charge on any atom is -0.463 e. The van der Waals surface area contributed by atoms with Crippen LogP contribution in [0.3, 0.4) is 0 Å². The third-order valence-corrected chi connectivity index (χ3v) is 2.21. The second-order valence-electron chi connectivity index (χ2n) is 3.18. The van der Waals surface area contributed by atoms with Crippen LogP contribution in [-0.4, -0.2) is 18.5 Å². The molecule has 0 unspecified atom stereocenters. The highest BCUT2D eigenvalue weighted by Crippen LogP contribution is 2.06. The Morgan fingerprint density at radius 3 is 2.29 bits per heavy atom. The molecule has 0 saturated heterocycles. The summed E-state index contributed by atoms with van der Waals surface area (Å²) < 4.78 is 4.84. The molecule has 82 valence electrons. The minimum atomic E-state index is -0.327. The van der Waals surface area contributed by atoms with Crippen molar-refractivity contribution in [2.45, 2.75) is 38.5 Å². The SMILES string of the molecule is C=CC(=O)OCCCCCCCCCl. The highest BCUT2D eigenvalue weighted by Gasteiger charge is 1.95. The Labute approximate surface area is 91.3 Å². The summed E-state index contributed by atoms with van der Waals surface area (Å²) in [6, 6.07) is 0. The van der Waals surface area contributed by atoms with E-state index in [1.54, 1.807) is 0 Å². The first-order chi connectivity index (χ1) is 6.81. The third kappa shape index (κ3) is 9.59. The van der Waals surface area contributed by atoms with E-state index >= 15 is 0 Å². The fourth-order valence-corrected chi connectivity index (χ4v) is 1.32. The monoisotopic (exact) mass is 218 g/mol. The Bertz CT molecular complexity index is 157. The van der Waals surface area contributed by atoms with Gasteiger partial charge in [-0.2, -0.15) is 0 Å². The zero-order valence-corrected chi connectivity index (χ0v) is 9.39. The predicted octanol–water partition coefficient (Wildman–Crippen LogP) is 3.30. The van der Waals surface area contributed by atoms with E-state index < -0.39 is 0 Å². The molecule has 0 amide bonds. The molecule has 14 heavy (non-hydrogen) atoms. The summed E-state index contributed by atoms with van der Waals surface area (Å²) in [5, 5.41) is 0. The number of ether oxygens (including phenoxy) is 1. The second kappa shape index (κ2) is 10.6. The van der Waals surface area contributed by atoms with Gasteiger partial charge in [-0.1, -0.05) is 32.3 Å². The van der Waals surface area contributed by atoms with Crippen molar-refractivity contribution in [2.75, 3.05) is 12.5 Å². The van der Waals surface area contributed by atoms with Gasteiger partial charge in [0.25, 0.3) is 0 Å². The summed E-state index contributed by atoms with van der Waals surface area (Å²) in [5.74, 6) is 0.434. The average molecular weight is 219 g/mol. The maximum Gasteiger partial charge on any atom is 0.330 e. The standard InChI is InChI=1S/C11H19ClO2/c1-2-11(13)14-10-8-6-4-3-5-7-9-12/h2H,1,3-10H2. The lowest BCUT2D eigenvalue weighted by Crippen LogP contribution is -2.01. The van der Waals surface area contributed by atoms with E-state index in [1.807, 2.05) is 0 Å². The summed E-state index contributed by atoms with van der Waals surface area (Å²) >= 11 is 5.55. The predicted molar refractivity (Wildman–Crippen MR) is 59.6 cm³/mol. The van der Waals surface area contributed by atoms with Crippen molar-refractivity contribution >= 4 is 17.6 Å². The fraction of sp³-hybridized carbons (Fsp3) is 0.727. The molecule has 0 radical (unpaired) electrons. The first kappa shape index (κ1) is 13.5. The van der Waals surface area contributed by atoms with Gasteiger partial charge in [0, 0.05) is 12.0 Å². The van der Waals surface area contributed by atoms with Crippen molar-refractivity contribution in [1.29, 1.82) is 0 Å². The fourth-order valence-electron chi connectivity index (χ4n) is 1.14. The molecule has 0 atom stereocenters. The van der Waals surface area contributed by atoms with Crippen LogP contribution in [0.15, 0.2) is 12.7 Å². The van der Waals surface area contributed by atoms with Gasteiger partial charge >= 0.3 is 5.97 Å². The summed E-state index contributed by atoms with van der Waals surface area (Å²) in [6.45, 7) is 3.84. The molecule has 3 heteroatoms. The number of rotatable bonds is 9. The van der Waals surface area contributed by atoms with E-state index in [2.05, 4.69) is 6.58 Å². The summed E-state index contributed by atoms with van der Waals surface area (Å²) in [6.07, 6.45) is 7.99. The number of carbonyl (C=O) groups is 1. The lowest BCUT2D eigenvalue weighted by Gasteiger charge is -2.01. The van der Waals surface area contributed by atoms with Crippen molar-refractivity contribution in [3.05, 3.63) is 12.7 Å². The first-order valence-corrected chi connectivity index (χ1v) is 5.70. The Balaban J connectivity index is 2.99. The van der Waals surface area contributed by atoms with Crippen LogP contribution in [0.4, 0.5) is 0 Å². The van der Waals surface area contributed by atoms with Gasteiger partial charge in [-0.05, 0) is 12.8 Å². The van der Waals surface area contributed by atoms with E-state index in [-0.39, 0.29) is 5.97 Å². The molecule has 0 aromatic heterocycles. The Hall–Kier alpha value is -0.500. The van der Waals surface area contributed by atoms with Crippen LogP contribution in [0, 0.1) is 0 Å². The summed E-state index contributed by atoms with van der Waals surface area (Å²) in [7, 11) is 0. The van der Waals surface area contributed by atoms with Crippen LogP contribution < -0.4 is 0 Å². The molecule has 0 spiro atoms. The van der Waals surface area contributed by atoms with Gasteiger partial charge < -0.3 is 4.74 Å². The van der Waals surface area contributed by atoms with E-state index in [1.165, 1.54) is 25.3 Å². The lowest BCUT2D eigenvalue weighted by atomic mass is 10.1. The van der Waals surface area contributed by atoms with Crippen LogP contribution in [0.2, 0.25) is 0 Å². The van der Waals surface area contributed by atoms with Crippen LogP contribution in [0.25, 0.3) is 0 Å². The quantitative estimate of drug-likeness (QED) is 0.257. The molecule has 0 aliphatic carbocycles. The van der Waals surface area contributed by atoms with Crippen LogP contribution in [0.1, 0.15) is 38.5 Å². The number of alkyl halides is 1. The number of hydrogen-bond acceptors (Lipinski definition) is 2. The Morgan fingerprint density at radius 2 is 1.71 bits per heavy atom. The molecule has 0 aromatic carbocycles. The van der Waals surface area contributed by atoms with Gasteiger partial charge in [0.15, 0.2) is 0 Å². The number of halogens is 1. The Morgan fingerprint density at radius 1 is 1.14 bits per heavy atom. The molecular formula is C11H19ClO2. The topological polar surface area (TPSA) is 26.3 Å². The number of hydrogen-bond donors (Lipinski definition) is 0. The first-order valence-electron chi connectivity index (χ1n) is 5.16. The van der Waals surface area contributed by atoms with Crippen LogP contribution >= 0.6 is 11.6 Å². The average Bonchev–Trinajstić information content (AvgIpc) is 2.21. The zero-order valence-electron chi connectivity index (χ0n) is 8.64. The van der Waals surface area contributed by atoms with E-state index in [4.69, 9.17) is 16.3 Å². The molecule has 0 aliphatic rings. The molecular weight excluding hydrogens is 200 g/mol. The molecule has 0 N–H and O–H groups in total. The number of carbonyl (C=O) groups excluding carboxylic acids is 1. The van der Waals surface area contributed by atoms with Crippen molar-refractivity contribution < 1.29 is 9.53 Å². The van der Waals surface area contributed by atoms with Crippen molar-refractivity contribution in [2.24, 2.45) is 0 Å². The lowest BCUT2D eigenvalue weighted by molar-refractivity contribution is -0.137. The summed E-state index contributed by atoms with van der Waals surface area (Å²) in [5.41, 5.74) is 0. The highest BCUT2D eigenvalue weighted by molar-refractivity contribution is 6.17. The van der Waals surface area contributed by atoms with Gasteiger partial charge in [0.2, 0.25) is 0 Å². The molecule has 0 rings (SSSR count). The maximum absolute atomic E-state index is 10.6. The number of esters is 1. The van der Waals surface area contributed by atoms with Crippen molar-refractivity contribution in [3.8, 4) is 0 Å². The van der Waals surface area contributed by atoms with Gasteiger partial charge in [0.1, 0.15) is 0 Å². The van der Waals surface area contributed by atoms with Gasteiger partial charge in [-0.15, -0.1) is 11.6 Å². The highest BCUT2D eigenvalue weighted by atomic mass is 35.5. The molecule has 0 saturated carbocycles. The normalized spacial score (nSPS) is 9.79. The molecule has 2 nitrogen and oxygen atoms in total. The molecule has 0 fully saturated rings. The van der Waals surface area contributed by atoms with Crippen molar-refractivity contribution in [3.63, 3.8) is 0 Å². The van der Waals surface area contributed by atoms with E-state index in [0.29, 0.717) is 6.61 Å². The zero-order chi connectivity index (χ0) is 10.6. The molecule has 0 heterocycles. The molecule has 0 bridgehead atoms. The van der Waals surface area contributed by atoms with Crippen molar-refractivity contribution in [1.82, 2.24) is 0 Å². The van der Waals surface area contributed by atoms with Gasteiger partial charge in [-0.3, -0.25) is 0 Å². The van der Waals surface area contributed by atoms with Crippen LogP contribution in [0.5, 0.6) is 0 Å². The minimum absolute atomic E-state index is 0.327. The van der Waals surface area contributed by atoms with Gasteiger partial charge in [-0.25, -0.2) is 4.79 Å². The molecule has 0 aromatic rings.